The molecule has 0 atom stereocenters. The van der Waals surface area contributed by atoms with E-state index >= 15 is 0 Å². The molecule has 17 heavy (non-hydrogen) atoms. The molecule has 88 valence electrons. The van der Waals surface area contributed by atoms with E-state index in [1.165, 1.54) is 18.2 Å². The maximum atomic E-state index is 13.0. The Morgan fingerprint density at radius 3 is 3.06 bits per heavy atom. The minimum absolute atomic E-state index is 0.218. The van der Waals surface area contributed by atoms with Gasteiger partial charge in [0.2, 0.25) is 0 Å². The van der Waals surface area contributed by atoms with Gasteiger partial charge in [0.25, 0.3) is 5.56 Å². The summed E-state index contributed by atoms with van der Waals surface area (Å²) in [5, 5.41) is 0.333. The number of hydrogen-bond donors (Lipinski definition) is 1. The van der Waals surface area contributed by atoms with E-state index in [-0.39, 0.29) is 22.7 Å². The van der Waals surface area contributed by atoms with Crippen molar-refractivity contribution in [3.8, 4) is 0 Å². The molecule has 0 fully saturated rings. The summed E-state index contributed by atoms with van der Waals surface area (Å²) in [6.07, 6.45) is 0. The fraction of sp³-hybridized carbons (Fsp3) is 0.167. The molecule has 4 nitrogen and oxygen atoms in total. The fourth-order valence-corrected chi connectivity index (χ4v) is 1.49. The lowest BCUT2D eigenvalue weighted by molar-refractivity contribution is 0.296. The zero-order chi connectivity index (χ0) is 12.4. The van der Waals surface area contributed by atoms with Gasteiger partial charge in [0.1, 0.15) is 5.82 Å². The van der Waals surface area contributed by atoms with Crippen molar-refractivity contribution in [2.24, 2.45) is 0 Å². The molecular formula is C12H11FN2O2. The van der Waals surface area contributed by atoms with Crippen LogP contribution in [-0.4, -0.2) is 16.6 Å². The van der Waals surface area contributed by atoms with E-state index in [9.17, 15) is 9.18 Å². The van der Waals surface area contributed by atoms with E-state index in [0.29, 0.717) is 12.0 Å². The Bertz CT molecular complexity index is 634. The third kappa shape index (κ3) is 2.18. The molecule has 0 unspecified atom stereocenters. The SMILES string of the molecule is C=C(OCC)c1nc2cc(F)ccc2c(=O)[nH]1. The number of nitrogens with zero attached hydrogens (tertiary/aromatic N) is 1. The predicted molar refractivity (Wildman–Crippen MR) is 63.0 cm³/mol. The molecule has 0 aliphatic rings. The quantitative estimate of drug-likeness (QED) is 0.827. The highest BCUT2D eigenvalue weighted by Crippen LogP contribution is 2.13. The molecule has 0 bridgehead atoms. The number of fused-ring (bicyclic) bond motifs is 1. The van der Waals surface area contributed by atoms with Gasteiger partial charge in [0.05, 0.1) is 17.5 Å². The molecule has 0 saturated heterocycles. The maximum Gasteiger partial charge on any atom is 0.259 e. The molecule has 5 heteroatoms. The number of H-pyrrole nitrogens is 1. The van der Waals surface area contributed by atoms with Crippen LogP contribution in [0.4, 0.5) is 4.39 Å². The minimum Gasteiger partial charge on any atom is -0.491 e. The van der Waals surface area contributed by atoms with Gasteiger partial charge < -0.3 is 9.72 Å². The zero-order valence-electron chi connectivity index (χ0n) is 9.29. The fourth-order valence-electron chi connectivity index (χ4n) is 1.49. The molecule has 2 rings (SSSR count). The van der Waals surface area contributed by atoms with E-state index in [1.807, 2.05) is 0 Å². The van der Waals surface area contributed by atoms with Crippen molar-refractivity contribution in [2.45, 2.75) is 6.92 Å². The number of aromatic nitrogens is 2. The first kappa shape index (κ1) is 11.3. The second-order valence-corrected chi connectivity index (χ2v) is 3.43. The summed E-state index contributed by atoms with van der Waals surface area (Å²) < 4.78 is 18.2. The number of nitrogens with one attached hydrogen (secondary N) is 1. The normalized spacial score (nSPS) is 10.5. The second-order valence-electron chi connectivity index (χ2n) is 3.43. The minimum atomic E-state index is -0.441. The van der Waals surface area contributed by atoms with Gasteiger partial charge in [-0.3, -0.25) is 4.79 Å². The smallest absolute Gasteiger partial charge is 0.259 e. The van der Waals surface area contributed by atoms with E-state index in [0.717, 1.165) is 0 Å². The van der Waals surface area contributed by atoms with Crippen LogP contribution in [-0.2, 0) is 4.74 Å². The molecule has 0 aliphatic carbocycles. The van der Waals surface area contributed by atoms with Crippen molar-refractivity contribution in [1.82, 2.24) is 9.97 Å². The highest BCUT2D eigenvalue weighted by atomic mass is 19.1. The van der Waals surface area contributed by atoms with Crippen molar-refractivity contribution >= 4 is 16.7 Å². The standard InChI is InChI=1S/C12H11FN2O2/c1-3-17-7(2)11-14-10-6-8(13)4-5-9(10)12(16)15-11/h4-6H,2-3H2,1H3,(H,14,15,16). The van der Waals surface area contributed by atoms with Crippen molar-refractivity contribution < 1.29 is 9.13 Å². The van der Waals surface area contributed by atoms with E-state index in [2.05, 4.69) is 16.5 Å². The summed E-state index contributed by atoms with van der Waals surface area (Å²) in [7, 11) is 0. The van der Waals surface area contributed by atoms with Crippen LogP contribution in [0.15, 0.2) is 29.6 Å². The lowest BCUT2D eigenvalue weighted by Crippen LogP contribution is -2.12. The predicted octanol–water partition coefficient (Wildman–Crippen LogP) is 2.07. The molecule has 1 aromatic heterocycles. The largest absolute Gasteiger partial charge is 0.491 e. The Labute approximate surface area is 96.8 Å². The van der Waals surface area contributed by atoms with Gasteiger partial charge in [0, 0.05) is 6.07 Å². The van der Waals surface area contributed by atoms with Crippen LogP contribution in [0.5, 0.6) is 0 Å². The van der Waals surface area contributed by atoms with Crippen molar-refractivity contribution in [3.05, 3.63) is 46.8 Å². The lowest BCUT2D eigenvalue weighted by Gasteiger charge is -2.06. The molecule has 1 aromatic carbocycles. The summed E-state index contributed by atoms with van der Waals surface area (Å²) in [5.41, 5.74) is -0.0598. The Hall–Kier alpha value is -2.17. The summed E-state index contributed by atoms with van der Waals surface area (Å²) >= 11 is 0. The topological polar surface area (TPSA) is 55.0 Å². The molecule has 1 N–H and O–H groups in total. The first-order chi connectivity index (χ1) is 8.11. The van der Waals surface area contributed by atoms with Crippen LogP contribution in [0.25, 0.3) is 16.7 Å². The Kier molecular flexibility index (Phi) is 2.91. The molecule has 0 aliphatic heterocycles. The number of hydrogen-bond acceptors (Lipinski definition) is 3. The number of rotatable bonds is 3. The average Bonchev–Trinajstić information content (AvgIpc) is 2.28. The third-order valence-electron chi connectivity index (χ3n) is 2.25. The van der Waals surface area contributed by atoms with Crippen molar-refractivity contribution in [3.63, 3.8) is 0 Å². The highest BCUT2D eigenvalue weighted by molar-refractivity contribution is 5.78. The van der Waals surface area contributed by atoms with E-state index < -0.39 is 5.82 Å². The van der Waals surface area contributed by atoms with Crippen LogP contribution in [0.1, 0.15) is 12.7 Å². The van der Waals surface area contributed by atoms with Gasteiger partial charge in [-0.1, -0.05) is 6.58 Å². The van der Waals surface area contributed by atoms with Gasteiger partial charge in [-0.05, 0) is 19.1 Å². The summed E-state index contributed by atoms with van der Waals surface area (Å²) in [4.78, 5) is 18.3. The van der Waals surface area contributed by atoms with Gasteiger partial charge in [-0.25, -0.2) is 9.37 Å². The highest BCUT2D eigenvalue weighted by Gasteiger charge is 2.07. The Morgan fingerprint density at radius 1 is 1.59 bits per heavy atom. The van der Waals surface area contributed by atoms with Crippen LogP contribution < -0.4 is 5.56 Å². The van der Waals surface area contributed by atoms with Gasteiger partial charge >= 0.3 is 0 Å². The Balaban J connectivity index is 2.61. The summed E-state index contributed by atoms with van der Waals surface area (Å²) in [6, 6.07) is 3.81. The van der Waals surface area contributed by atoms with Crippen LogP contribution >= 0.6 is 0 Å². The number of benzene rings is 1. The maximum absolute atomic E-state index is 13.0. The number of aromatic amines is 1. The van der Waals surface area contributed by atoms with Gasteiger partial charge in [0.15, 0.2) is 11.6 Å². The molecule has 1 heterocycles. The number of ether oxygens (including phenoxy) is 1. The van der Waals surface area contributed by atoms with E-state index in [4.69, 9.17) is 4.74 Å². The molecule has 0 spiro atoms. The molecule has 0 radical (unpaired) electrons. The van der Waals surface area contributed by atoms with Crippen LogP contribution in [0.2, 0.25) is 0 Å². The van der Waals surface area contributed by atoms with Gasteiger partial charge in [-0.2, -0.15) is 0 Å². The molecule has 2 aromatic rings. The lowest BCUT2D eigenvalue weighted by atomic mass is 10.2. The first-order valence-electron chi connectivity index (χ1n) is 5.13. The summed E-state index contributed by atoms with van der Waals surface area (Å²) in [6.45, 7) is 5.85. The monoisotopic (exact) mass is 234 g/mol. The molecular weight excluding hydrogens is 223 g/mol. The van der Waals surface area contributed by atoms with Crippen LogP contribution in [0.3, 0.4) is 0 Å². The summed E-state index contributed by atoms with van der Waals surface area (Å²) in [5.74, 6) is 0.0364. The van der Waals surface area contributed by atoms with Crippen molar-refractivity contribution in [2.75, 3.05) is 6.61 Å². The third-order valence-corrected chi connectivity index (χ3v) is 2.25. The molecule has 0 amide bonds. The van der Waals surface area contributed by atoms with Crippen molar-refractivity contribution in [1.29, 1.82) is 0 Å². The Morgan fingerprint density at radius 2 is 2.35 bits per heavy atom. The second kappa shape index (κ2) is 4.37. The van der Waals surface area contributed by atoms with Crippen LogP contribution in [0, 0.1) is 5.82 Å². The van der Waals surface area contributed by atoms with E-state index in [1.54, 1.807) is 6.92 Å². The first-order valence-corrected chi connectivity index (χ1v) is 5.13. The average molecular weight is 234 g/mol. The molecule has 0 saturated carbocycles. The zero-order valence-corrected chi connectivity index (χ0v) is 9.29. The number of halogens is 1. The van der Waals surface area contributed by atoms with Gasteiger partial charge in [-0.15, -0.1) is 0 Å².